The van der Waals surface area contributed by atoms with Crippen LogP contribution in [-0.4, -0.2) is 18.6 Å². The first-order valence-electron chi connectivity index (χ1n) is 7.55. The Bertz CT molecular complexity index is 537. The minimum Gasteiger partial charge on any atom is -0.370 e. The fourth-order valence-electron chi connectivity index (χ4n) is 2.38. The molecule has 0 aliphatic rings. The Kier molecular flexibility index (Phi) is 5.76. The van der Waals surface area contributed by atoms with Crippen LogP contribution in [0, 0.1) is 5.92 Å². The molecule has 0 radical (unpaired) electrons. The van der Waals surface area contributed by atoms with Crippen LogP contribution in [0.4, 0.5) is 5.69 Å². The number of hydrogen-bond donors (Lipinski definition) is 1. The highest BCUT2D eigenvalue weighted by atomic mass is 15.1. The van der Waals surface area contributed by atoms with Gasteiger partial charge in [0, 0.05) is 38.2 Å². The zero-order valence-corrected chi connectivity index (χ0v) is 13.2. The van der Waals surface area contributed by atoms with Crippen molar-refractivity contribution in [2.24, 2.45) is 5.92 Å². The molecule has 112 valence electrons. The lowest BCUT2D eigenvalue weighted by Gasteiger charge is -2.23. The molecule has 0 unspecified atom stereocenters. The number of benzene rings is 1. The fraction of sp³-hybridized carbons (Fsp3) is 0.389. The highest BCUT2D eigenvalue weighted by Crippen LogP contribution is 2.20. The standard InChI is InChI=1S/C18H25N3/c1-15(2)12-20-13-17-6-4-5-7-18(17)21(3)14-16-8-10-19-11-9-16/h4-11,15,20H,12-14H2,1-3H3. The summed E-state index contributed by atoms with van der Waals surface area (Å²) >= 11 is 0. The first-order chi connectivity index (χ1) is 10.2. The van der Waals surface area contributed by atoms with Crippen LogP contribution in [0.25, 0.3) is 0 Å². The summed E-state index contributed by atoms with van der Waals surface area (Å²) in [6.45, 7) is 7.31. The van der Waals surface area contributed by atoms with Gasteiger partial charge < -0.3 is 10.2 Å². The lowest BCUT2D eigenvalue weighted by Crippen LogP contribution is -2.22. The van der Waals surface area contributed by atoms with Crippen LogP contribution in [0.5, 0.6) is 0 Å². The molecule has 3 heteroatoms. The number of rotatable bonds is 7. The van der Waals surface area contributed by atoms with E-state index in [1.54, 1.807) is 0 Å². The van der Waals surface area contributed by atoms with Gasteiger partial charge in [-0.3, -0.25) is 4.98 Å². The number of nitrogens with one attached hydrogen (secondary N) is 1. The molecule has 3 nitrogen and oxygen atoms in total. The highest BCUT2D eigenvalue weighted by molar-refractivity contribution is 5.53. The number of pyridine rings is 1. The normalized spacial score (nSPS) is 10.9. The zero-order valence-electron chi connectivity index (χ0n) is 13.2. The van der Waals surface area contributed by atoms with Gasteiger partial charge in [-0.25, -0.2) is 0 Å². The van der Waals surface area contributed by atoms with Crippen LogP contribution < -0.4 is 10.2 Å². The van der Waals surface area contributed by atoms with Crippen molar-refractivity contribution in [1.82, 2.24) is 10.3 Å². The Morgan fingerprint density at radius 1 is 1.10 bits per heavy atom. The van der Waals surface area contributed by atoms with E-state index >= 15 is 0 Å². The first kappa shape index (κ1) is 15.5. The van der Waals surface area contributed by atoms with E-state index in [4.69, 9.17) is 0 Å². The van der Waals surface area contributed by atoms with Crippen molar-refractivity contribution in [3.05, 3.63) is 59.9 Å². The van der Waals surface area contributed by atoms with Gasteiger partial charge in [0.2, 0.25) is 0 Å². The molecule has 2 rings (SSSR count). The summed E-state index contributed by atoms with van der Waals surface area (Å²) in [7, 11) is 2.14. The summed E-state index contributed by atoms with van der Waals surface area (Å²) in [5.74, 6) is 0.673. The van der Waals surface area contributed by atoms with Crippen molar-refractivity contribution in [2.75, 3.05) is 18.5 Å². The molecule has 0 amide bonds. The summed E-state index contributed by atoms with van der Waals surface area (Å²) in [6.07, 6.45) is 3.69. The Morgan fingerprint density at radius 2 is 1.81 bits per heavy atom. The van der Waals surface area contributed by atoms with Gasteiger partial charge in [-0.05, 0) is 41.8 Å². The van der Waals surface area contributed by atoms with Crippen molar-refractivity contribution in [2.45, 2.75) is 26.9 Å². The van der Waals surface area contributed by atoms with E-state index in [1.165, 1.54) is 16.8 Å². The van der Waals surface area contributed by atoms with E-state index < -0.39 is 0 Å². The average molecular weight is 283 g/mol. The quantitative estimate of drug-likeness (QED) is 0.843. The summed E-state index contributed by atoms with van der Waals surface area (Å²) in [4.78, 5) is 6.36. The van der Waals surface area contributed by atoms with Crippen LogP contribution in [0.2, 0.25) is 0 Å². The van der Waals surface area contributed by atoms with E-state index in [9.17, 15) is 0 Å². The third kappa shape index (κ3) is 4.87. The van der Waals surface area contributed by atoms with Gasteiger partial charge in [0.25, 0.3) is 0 Å². The van der Waals surface area contributed by atoms with Crippen molar-refractivity contribution in [1.29, 1.82) is 0 Å². The number of aromatic nitrogens is 1. The molecular formula is C18H25N3. The SMILES string of the molecule is CC(C)CNCc1ccccc1N(C)Cc1ccncc1. The predicted molar refractivity (Wildman–Crippen MR) is 89.3 cm³/mol. The van der Waals surface area contributed by atoms with Gasteiger partial charge in [0.1, 0.15) is 0 Å². The van der Waals surface area contributed by atoms with E-state index in [1.807, 2.05) is 12.4 Å². The number of para-hydroxylation sites is 1. The van der Waals surface area contributed by atoms with Gasteiger partial charge in [0.05, 0.1) is 0 Å². The Morgan fingerprint density at radius 3 is 2.52 bits per heavy atom. The molecule has 1 N–H and O–H groups in total. The van der Waals surface area contributed by atoms with Crippen molar-refractivity contribution < 1.29 is 0 Å². The molecule has 1 heterocycles. The lowest BCUT2D eigenvalue weighted by molar-refractivity contribution is 0.552. The first-order valence-corrected chi connectivity index (χ1v) is 7.55. The zero-order chi connectivity index (χ0) is 15.1. The molecule has 1 aromatic heterocycles. The third-order valence-corrected chi connectivity index (χ3v) is 3.44. The molecule has 1 aromatic carbocycles. The molecule has 0 aliphatic carbocycles. The smallest absolute Gasteiger partial charge is 0.0427 e. The Hall–Kier alpha value is -1.87. The van der Waals surface area contributed by atoms with E-state index in [0.29, 0.717) is 5.92 Å². The van der Waals surface area contributed by atoms with Crippen LogP contribution in [0.15, 0.2) is 48.8 Å². The van der Waals surface area contributed by atoms with Crippen molar-refractivity contribution in [3.63, 3.8) is 0 Å². The Labute approximate surface area is 128 Å². The van der Waals surface area contributed by atoms with Gasteiger partial charge in [0.15, 0.2) is 0 Å². The maximum Gasteiger partial charge on any atom is 0.0427 e. The summed E-state index contributed by atoms with van der Waals surface area (Å²) in [6, 6.07) is 12.7. The molecule has 0 saturated heterocycles. The molecule has 0 atom stereocenters. The van der Waals surface area contributed by atoms with Crippen molar-refractivity contribution >= 4 is 5.69 Å². The van der Waals surface area contributed by atoms with Gasteiger partial charge >= 0.3 is 0 Å². The van der Waals surface area contributed by atoms with E-state index in [-0.39, 0.29) is 0 Å². The number of hydrogen-bond acceptors (Lipinski definition) is 3. The lowest BCUT2D eigenvalue weighted by atomic mass is 10.1. The van der Waals surface area contributed by atoms with E-state index in [0.717, 1.165) is 19.6 Å². The molecule has 2 aromatic rings. The van der Waals surface area contributed by atoms with Crippen LogP contribution in [0.3, 0.4) is 0 Å². The second kappa shape index (κ2) is 7.79. The minimum absolute atomic E-state index is 0.673. The highest BCUT2D eigenvalue weighted by Gasteiger charge is 2.07. The van der Waals surface area contributed by atoms with Gasteiger partial charge in [-0.2, -0.15) is 0 Å². The van der Waals surface area contributed by atoms with Gasteiger partial charge in [-0.15, -0.1) is 0 Å². The molecule has 0 saturated carbocycles. The largest absolute Gasteiger partial charge is 0.370 e. The topological polar surface area (TPSA) is 28.2 Å². The van der Waals surface area contributed by atoms with Crippen LogP contribution in [0.1, 0.15) is 25.0 Å². The van der Waals surface area contributed by atoms with Gasteiger partial charge in [-0.1, -0.05) is 32.0 Å². The maximum atomic E-state index is 4.07. The molecule has 0 fully saturated rings. The number of anilines is 1. The Balaban J connectivity index is 2.04. The third-order valence-electron chi connectivity index (χ3n) is 3.44. The molecule has 21 heavy (non-hydrogen) atoms. The molecule has 0 spiro atoms. The van der Waals surface area contributed by atoms with E-state index in [2.05, 4.69) is 72.5 Å². The maximum absolute atomic E-state index is 4.07. The number of nitrogens with zero attached hydrogens (tertiary/aromatic N) is 2. The van der Waals surface area contributed by atoms with Crippen LogP contribution in [-0.2, 0) is 13.1 Å². The molecule has 0 aliphatic heterocycles. The van der Waals surface area contributed by atoms with Crippen molar-refractivity contribution in [3.8, 4) is 0 Å². The fourth-order valence-corrected chi connectivity index (χ4v) is 2.38. The summed E-state index contributed by atoms with van der Waals surface area (Å²) < 4.78 is 0. The van der Waals surface area contributed by atoms with Crippen LogP contribution >= 0.6 is 0 Å². The predicted octanol–water partition coefficient (Wildman–Crippen LogP) is 3.46. The molecule has 0 bridgehead atoms. The molecular weight excluding hydrogens is 258 g/mol. The monoisotopic (exact) mass is 283 g/mol. The summed E-state index contributed by atoms with van der Waals surface area (Å²) in [5.41, 5.74) is 3.90. The minimum atomic E-state index is 0.673. The summed E-state index contributed by atoms with van der Waals surface area (Å²) in [5, 5.41) is 3.52. The second-order valence-corrected chi connectivity index (χ2v) is 5.86. The second-order valence-electron chi connectivity index (χ2n) is 5.86. The average Bonchev–Trinajstić information content (AvgIpc) is 2.48.